The van der Waals surface area contributed by atoms with Gasteiger partial charge in [-0.05, 0) is 20.3 Å². The van der Waals surface area contributed by atoms with Crippen LogP contribution in [0.4, 0.5) is 0 Å². The summed E-state index contributed by atoms with van der Waals surface area (Å²) < 4.78 is 12.4. The normalized spacial score (nSPS) is 17.9. The maximum absolute atomic E-state index is 5.33. The Labute approximate surface area is 137 Å². The lowest BCUT2D eigenvalue weighted by molar-refractivity contribution is 0.155. The van der Waals surface area contributed by atoms with Gasteiger partial charge >= 0.3 is 0 Å². The van der Waals surface area contributed by atoms with Crippen molar-refractivity contribution in [3.8, 4) is 0 Å². The topological polar surface area (TPSA) is 85.6 Å². The molecule has 0 bridgehead atoms. The molecule has 1 aliphatic heterocycles. The largest absolute Gasteiger partial charge is 0.380 e. The fourth-order valence-corrected chi connectivity index (χ4v) is 2.55. The highest BCUT2D eigenvalue weighted by atomic mass is 16.5. The zero-order valence-corrected chi connectivity index (χ0v) is 14.3. The van der Waals surface area contributed by atoms with Crippen molar-refractivity contribution in [1.82, 2.24) is 25.4 Å². The molecule has 2 N–H and O–H groups in total. The van der Waals surface area contributed by atoms with E-state index in [1.807, 2.05) is 11.6 Å². The Morgan fingerprint density at radius 1 is 1.43 bits per heavy atom. The highest BCUT2D eigenvalue weighted by Crippen LogP contribution is 2.13. The number of hydrogen-bond donors (Lipinski definition) is 2. The molecule has 0 saturated carbocycles. The maximum Gasteiger partial charge on any atom is 0.191 e. The molecular weight excluding hydrogens is 296 g/mol. The van der Waals surface area contributed by atoms with Crippen molar-refractivity contribution in [2.75, 3.05) is 33.4 Å². The van der Waals surface area contributed by atoms with E-state index in [4.69, 9.17) is 9.47 Å². The van der Waals surface area contributed by atoms with E-state index in [-0.39, 0.29) is 0 Å². The number of ether oxygens (including phenoxy) is 2. The van der Waals surface area contributed by atoms with Crippen LogP contribution in [0.1, 0.15) is 31.9 Å². The first-order valence-electron chi connectivity index (χ1n) is 8.30. The molecule has 1 aliphatic rings. The molecule has 8 heteroatoms. The van der Waals surface area contributed by atoms with Gasteiger partial charge in [0.1, 0.15) is 12.4 Å². The number of aliphatic imine (C=N–C) groups is 1. The molecule has 0 amide bonds. The van der Waals surface area contributed by atoms with E-state index in [0.717, 1.165) is 50.1 Å². The van der Waals surface area contributed by atoms with Crippen molar-refractivity contribution in [3.05, 3.63) is 11.6 Å². The van der Waals surface area contributed by atoms with Gasteiger partial charge in [-0.25, -0.2) is 9.67 Å². The van der Waals surface area contributed by atoms with Crippen LogP contribution in [0.5, 0.6) is 0 Å². The Morgan fingerprint density at radius 3 is 3.04 bits per heavy atom. The van der Waals surface area contributed by atoms with Gasteiger partial charge in [0.05, 0.1) is 19.7 Å². The number of aromatic nitrogens is 3. The van der Waals surface area contributed by atoms with Crippen LogP contribution < -0.4 is 10.6 Å². The monoisotopic (exact) mass is 324 g/mol. The number of hydrogen-bond acceptors (Lipinski definition) is 5. The molecule has 0 spiro atoms. The predicted octanol–water partition coefficient (Wildman–Crippen LogP) is 0.331. The molecule has 130 valence electrons. The summed E-state index contributed by atoms with van der Waals surface area (Å²) >= 11 is 0. The summed E-state index contributed by atoms with van der Waals surface area (Å²) in [6.45, 7) is 8.16. The lowest BCUT2D eigenvalue weighted by atomic mass is 10.1. The lowest BCUT2D eigenvalue weighted by Gasteiger charge is -2.25. The van der Waals surface area contributed by atoms with Crippen molar-refractivity contribution in [2.24, 2.45) is 4.99 Å². The Morgan fingerprint density at radius 2 is 2.30 bits per heavy atom. The van der Waals surface area contributed by atoms with Crippen molar-refractivity contribution in [3.63, 3.8) is 0 Å². The molecule has 1 unspecified atom stereocenters. The molecule has 8 nitrogen and oxygen atoms in total. The summed E-state index contributed by atoms with van der Waals surface area (Å²) in [6, 6.07) is 0.296. The van der Waals surface area contributed by atoms with E-state index in [9.17, 15) is 0 Å². The van der Waals surface area contributed by atoms with Crippen LogP contribution in [-0.2, 0) is 29.0 Å². The van der Waals surface area contributed by atoms with Gasteiger partial charge in [-0.1, -0.05) is 0 Å². The first-order valence-corrected chi connectivity index (χ1v) is 8.30. The second-order valence-electron chi connectivity index (χ2n) is 5.40. The molecule has 0 fully saturated rings. The Balaban J connectivity index is 1.90. The first-order chi connectivity index (χ1) is 11.3. The summed E-state index contributed by atoms with van der Waals surface area (Å²) in [6.07, 6.45) is 1.92. The van der Waals surface area contributed by atoms with Gasteiger partial charge < -0.3 is 20.1 Å². The minimum absolute atomic E-state index is 0.296. The van der Waals surface area contributed by atoms with E-state index in [0.29, 0.717) is 25.8 Å². The fourth-order valence-electron chi connectivity index (χ4n) is 2.55. The van der Waals surface area contributed by atoms with E-state index in [1.165, 1.54) is 0 Å². The minimum atomic E-state index is 0.296. The Kier molecular flexibility index (Phi) is 7.28. The van der Waals surface area contributed by atoms with Gasteiger partial charge in [0.25, 0.3) is 0 Å². The van der Waals surface area contributed by atoms with Gasteiger partial charge in [0.15, 0.2) is 11.8 Å². The average Bonchev–Trinajstić information content (AvgIpc) is 2.93. The summed E-state index contributed by atoms with van der Waals surface area (Å²) in [7, 11) is 1.66. The van der Waals surface area contributed by atoms with Gasteiger partial charge in [0.2, 0.25) is 0 Å². The molecule has 0 aliphatic carbocycles. The molecular formula is C15H28N6O2. The zero-order valence-electron chi connectivity index (χ0n) is 14.3. The quantitative estimate of drug-likeness (QED) is 0.407. The number of fused-ring (bicyclic) bond motifs is 1. The molecule has 1 atom stereocenters. The van der Waals surface area contributed by atoms with Crippen LogP contribution in [0.2, 0.25) is 0 Å². The van der Waals surface area contributed by atoms with Crippen molar-refractivity contribution in [2.45, 2.75) is 45.9 Å². The average molecular weight is 324 g/mol. The second-order valence-corrected chi connectivity index (χ2v) is 5.40. The summed E-state index contributed by atoms with van der Waals surface area (Å²) in [5.74, 6) is 2.62. The van der Waals surface area contributed by atoms with E-state index < -0.39 is 0 Å². The highest BCUT2D eigenvalue weighted by molar-refractivity contribution is 5.80. The van der Waals surface area contributed by atoms with Gasteiger partial charge in [-0.15, -0.1) is 0 Å². The molecule has 0 aromatic carbocycles. The third-order valence-corrected chi connectivity index (χ3v) is 3.57. The molecule has 1 aromatic heterocycles. The van der Waals surface area contributed by atoms with Crippen LogP contribution in [0.3, 0.4) is 0 Å². The van der Waals surface area contributed by atoms with Crippen molar-refractivity contribution < 1.29 is 9.47 Å². The molecule has 23 heavy (non-hydrogen) atoms. The second kappa shape index (κ2) is 9.46. The van der Waals surface area contributed by atoms with Gasteiger partial charge in [-0.3, -0.25) is 4.99 Å². The maximum atomic E-state index is 5.33. The van der Waals surface area contributed by atoms with Gasteiger partial charge in [0, 0.05) is 32.7 Å². The third-order valence-electron chi connectivity index (χ3n) is 3.57. The van der Waals surface area contributed by atoms with Crippen LogP contribution in [0.25, 0.3) is 0 Å². The van der Waals surface area contributed by atoms with E-state index in [1.54, 1.807) is 7.11 Å². The van der Waals surface area contributed by atoms with Gasteiger partial charge in [-0.2, -0.15) is 5.10 Å². The van der Waals surface area contributed by atoms with Crippen molar-refractivity contribution in [1.29, 1.82) is 0 Å². The number of methoxy groups -OCH3 is 1. The zero-order chi connectivity index (χ0) is 16.5. The number of rotatable bonds is 8. The molecule has 0 saturated heterocycles. The number of nitrogens with one attached hydrogen (secondary N) is 2. The van der Waals surface area contributed by atoms with Crippen LogP contribution in [0, 0.1) is 0 Å². The van der Waals surface area contributed by atoms with Crippen LogP contribution in [-0.4, -0.2) is 60.2 Å². The smallest absolute Gasteiger partial charge is 0.191 e. The lowest BCUT2D eigenvalue weighted by Crippen LogP contribution is -2.47. The van der Waals surface area contributed by atoms with E-state index in [2.05, 4.69) is 32.6 Å². The Bertz CT molecular complexity index is 502. The third kappa shape index (κ3) is 5.47. The fraction of sp³-hybridized carbons (Fsp3) is 0.800. The molecule has 0 radical (unpaired) electrons. The summed E-state index contributed by atoms with van der Waals surface area (Å²) in [4.78, 5) is 9.04. The first kappa shape index (κ1) is 17.7. The number of aryl methyl sites for hydroxylation is 1. The SMILES string of the molecule is CCNC(=NCCOCC)NC1CCc2nc(COC)nn2C1. The van der Waals surface area contributed by atoms with E-state index >= 15 is 0 Å². The summed E-state index contributed by atoms with van der Waals surface area (Å²) in [5, 5.41) is 11.2. The standard InChI is InChI=1S/C15H28N6O2/c1-4-16-15(17-8-9-23-5-2)18-12-6-7-14-19-13(11-22-3)20-21(14)10-12/h12H,4-11H2,1-3H3,(H2,16,17,18). The number of nitrogens with zero attached hydrogens (tertiary/aromatic N) is 4. The van der Waals surface area contributed by atoms with Crippen molar-refractivity contribution >= 4 is 5.96 Å². The number of guanidine groups is 1. The predicted molar refractivity (Wildman–Crippen MR) is 88.5 cm³/mol. The van der Waals surface area contributed by atoms with Crippen LogP contribution in [0.15, 0.2) is 4.99 Å². The molecule has 2 heterocycles. The molecule has 1 aromatic rings. The Hall–Kier alpha value is -1.67. The minimum Gasteiger partial charge on any atom is -0.380 e. The van der Waals surface area contributed by atoms with Crippen LogP contribution >= 0.6 is 0 Å². The summed E-state index contributed by atoms with van der Waals surface area (Å²) in [5.41, 5.74) is 0. The molecule has 2 rings (SSSR count). The highest BCUT2D eigenvalue weighted by Gasteiger charge is 2.22.